The van der Waals surface area contributed by atoms with Gasteiger partial charge in [-0.2, -0.15) is 0 Å². The fourth-order valence-electron chi connectivity index (χ4n) is 1.49. The van der Waals surface area contributed by atoms with E-state index in [-0.39, 0.29) is 6.10 Å². The molecule has 0 heterocycles. The third-order valence-electron chi connectivity index (χ3n) is 2.50. The maximum absolute atomic E-state index is 9.18. The van der Waals surface area contributed by atoms with Crippen LogP contribution in [0.1, 0.15) is 24.5 Å². The summed E-state index contributed by atoms with van der Waals surface area (Å²) < 4.78 is 0. The summed E-state index contributed by atoms with van der Waals surface area (Å²) in [5.41, 5.74) is 2.62. The fourth-order valence-corrected chi connectivity index (χ4v) is 1.49. The highest BCUT2D eigenvalue weighted by Crippen LogP contribution is 2.06. The van der Waals surface area contributed by atoms with Crippen molar-refractivity contribution < 1.29 is 5.11 Å². The Bertz CT molecular complexity index is 279. The molecule has 0 fully saturated rings. The van der Waals surface area contributed by atoms with E-state index < -0.39 is 0 Å². The van der Waals surface area contributed by atoms with Crippen molar-refractivity contribution in [2.75, 3.05) is 13.6 Å². The van der Waals surface area contributed by atoms with Gasteiger partial charge in [-0.1, -0.05) is 29.8 Å². The van der Waals surface area contributed by atoms with Gasteiger partial charge in [0, 0.05) is 13.1 Å². The van der Waals surface area contributed by atoms with Crippen molar-refractivity contribution in [2.45, 2.75) is 32.9 Å². The Morgan fingerprint density at radius 3 is 2.40 bits per heavy atom. The molecular weight excluding hydrogens is 186 g/mol. The Balaban J connectivity index is 2.37. The predicted octanol–water partition coefficient (Wildman–Crippen LogP) is 2.20. The maximum atomic E-state index is 9.18. The summed E-state index contributed by atoms with van der Waals surface area (Å²) in [7, 11) is 2.09. The van der Waals surface area contributed by atoms with Gasteiger partial charge in [-0.3, -0.25) is 0 Å². The van der Waals surface area contributed by atoms with Crippen LogP contribution in [0, 0.1) is 6.92 Å². The highest BCUT2D eigenvalue weighted by molar-refractivity contribution is 5.21. The molecular formula is C13H21NO. The van der Waals surface area contributed by atoms with Crippen molar-refractivity contribution in [2.24, 2.45) is 0 Å². The first kappa shape index (κ1) is 12.2. The Labute approximate surface area is 92.5 Å². The van der Waals surface area contributed by atoms with Gasteiger partial charge in [0.15, 0.2) is 0 Å². The molecule has 0 saturated heterocycles. The van der Waals surface area contributed by atoms with Crippen molar-refractivity contribution >= 4 is 0 Å². The largest absolute Gasteiger partial charge is 0.393 e. The van der Waals surface area contributed by atoms with Gasteiger partial charge in [-0.15, -0.1) is 0 Å². The zero-order valence-corrected chi connectivity index (χ0v) is 9.90. The van der Waals surface area contributed by atoms with Crippen molar-refractivity contribution in [1.82, 2.24) is 4.90 Å². The molecule has 0 aliphatic rings. The molecule has 1 N–H and O–H groups in total. The molecule has 0 aliphatic heterocycles. The van der Waals surface area contributed by atoms with Crippen LogP contribution in [0.3, 0.4) is 0 Å². The highest BCUT2D eigenvalue weighted by Gasteiger charge is 2.02. The Morgan fingerprint density at radius 1 is 1.27 bits per heavy atom. The van der Waals surface area contributed by atoms with E-state index in [1.54, 1.807) is 0 Å². The van der Waals surface area contributed by atoms with Gasteiger partial charge in [-0.05, 0) is 32.9 Å². The molecule has 1 aromatic rings. The number of aliphatic hydroxyl groups is 1. The van der Waals surface area contributed by atoms with E-state index in [9.17, 15) is 5.11 Å². The molecule has 0 radical (unpaired) electrons. The Kier molecular flexibility index (Phi) is 4.79. The van der Waals surface area contributed by atoms with Gasteiger partial charge >= 0.3 is 0 Å². The van der Waals surface area contributed by atoms with Crippen molar-refractivity contribution in [3.8, 4) is 0 Å². The number of hydrogen-bond donors (Lipinski definition) is 1. The van der Waals surface area contributed by atoms with Crippen LogP contribution in [-0.4, -0.2) is 29.7 Å². The third-order valence-corrected chi connectivity index (χ3v) is 2.50. The first-order chi connectivity index (χ1) is 7.08. The summed E-state index contributed by atoms with van der Waals surface area (Å²) in [5.74, 6) is 0. The molecule has 0 aromatic heterocycles. The molecule has 15 heavy (non-hydrogen) atoms. The SMILES string of the molecule is Cc1ccc(CN(C)CCC(C)O)cc1. The van der Waals surface area contributed by atoms with Crippen LogP contribution in [0.25, 0.3) is 0 Å². The molecule has 1 atom stereocenters. The van der Waals surface area contributed by atoms with E-state index in [0.717, 1.165) is 19.5 Å². The Morgan fingerprint density at radius 2 is 1.87 bits per heavy atom. The lowest BCUT2D eigenvalue weighted by Gasteiger charge is -2.17. The van der Waals surface area contributed by atoms with E-state index in [1.165, 1.54) is 11.1 Å². The third kappa shape index (κ3) is 4.96. The van der Waals surface area contributed by atoms with Crippen LogP contribution in [-0.2, 0) is 6.54 Å². The van der Waals surface area contributed by atoms with E-state index in [1.807, 2.05) is 6.92 Å². The molecule has 0 spiro atoms. The zero-order valence-electron chi connectivity index (χ0n) is 9.90. The molecule has 2 nitrogen and oxygen atoms in total. The number of hydrogen-bond acceptors (Lipinski definition) is 2. The summed E-state index contributed by atoms with van der Waals surface area (Å²) in [6, 6.07) is 8.60. The number of nitrogens with zero attached hydrogens (tertiary/aromatic N) is 1. The summed E-state index contributed by atoms with van der Waals surface area (Å²) in [5, 5.41) is 9.18. The van der Waals surface area contributed by atoms with E-state index in [4.69, 9.17) is 0 Å². The summed E-state index contributed by atoms with van der Waals surface area (Å²) in [6.07, 6.45) is 0.632. The molecule has 0 amide bonds. The van der Waals surface area contributed by atoms with E-state index in [0.29, 0.717) is 0 Å². The maximum Gasteiger partial charge on any atom is 0.0524 e. The van der Waals surface area contributed by atoms with Crippen LogP contribution in [0.2, 0.25) is 0 Å². The van der Waals surface area contributed by atoms with Crippen LogP contribution in [0.15, 0.2) is 24.3 Å². The lowest BCUT2D eigenvalue weighted by Crippen LogP contribution is -2.22. The standard InChI is InChI=1S/C13H21NO/c1-11-4-6-13(7-5-11)10-14(3)9-8-12(2)15/h4-7,12,15H,8-10H2,1-3H3. The normalized spacial score (nSPS) is 13.1. The summed E-state index contributed by atoms with van der Waals surface area (Å²) >= 11 is 0. The monoisotopic (exact) mass is 207 g/mol. The van der Waals surface area contributed by atoms with Gasteiger partial charge in [0.1, 0.15) is 0 Å². The topological polar surface area (TPSA) is 23.5 Å². The zero-order chi connectivity index (χ0) is 11.3. The van der Waals surface area contributed by atoms with Gasteiger partial charge in [0.25, 0.3) is 0 Å². The molecule has 1 rings (SSSR count). The van der Waals surface area contributed by atoms with Gasteiger partial charge in [0.05, 0.1) is 6.10 Å². The summed E-state index contributed by atoms with van der Waals surface area (Å²) in [4.78, 5) is 2.23. The average Bonchev–Trinajstić information content (AvgIpc) is 2.19. The molecule has 0 bridgehead atoms. The number of benzene rings is 1. The molecule has 1 aromatic carbocycles. The minimum absolute atomic E-state index is 0.203. The van der Waals surface area contributed by atoms with Crippen LogP contribution < -0.4 is 0 Å². The smallest absolute Gasteiger partial charge is 0.0524 e. The lowest BCUT2D eigenvalue weighted by atomic mass is 10.1. The van der Waals surface area contributed by atoms with Crippen LogP contribution >= 0.6 is 0 Å². The average molecular weight is 207 g/mol. The lowest BCUT2D eigenvalue weighted by molar-refractivity contribution is 0.163. The molecule has 1 unspecified atom stereocenters. The first-order valence-corrected chi connectivity index (χ1v) is 5.50. The van der Waals surface area contributed by atoms with Gasteiger partial charge in [0.2, 0.25) is 0 Å². The number of aliphatic hydroxyl groups excluding tert-OH is 1. The molecule has 0 aliphatic carbocycles. The molecule has 2 heteroatoms. The number of rotatable bonds is 5. The number of aryl methyl sites for hydroxylation is 1. The van der Waals surface area contributed by atoms with E-state index in [2.05, 4.69) is 43.1 Å². The fraction of sp³-hybridized carbons (Fsp3) is 0.538. The first-order valence-electron chi connectivity index (χ1n) is 5.50. The highest BCUT2D eigenvalue weighted by atomic mass is 16.3. The minimum Gasteiger partial charge on any atom is -0.393 e. The second-order valence-electron chi connectivity index (χ2n) is 4.36. The minimum atomic E-state index is -0.203. The molecule has 84 valence electrons. The van der Waals surface area contributed by atoms with Gasteiger partial charge < -0.3 is 10.0 Å². The van der Waals surface area contributed by atoms with Crippen molar-refractivity contribution in [3.63, 3.8) is 0 Å². The van der Waals surface area contributed by atoms with E-state index >= 15 is 0 Å². The van der Waals surface area contributed by atoms with Crippen molar-refractivity contribution in [1.29, 1.82) is 0 Å². The summed E-state index contributed by atoms with van der Waals surface area (Å²) in [6.45, 7) is 5.82. The second-order valence-corrected chi connectivity index (χ2v) is 4.36. The van der Waals surface area contributed by atoms with Gasteiger partial charge in [-0.25, -0.2) is 0 Å². The van der Waals surface area contributed by atoms with Crippen LogP contribution in [0.4, 0.5) is 0 Å². The van der Waals surface area contributed by atoms with Crippen molar-refractivity contribution in [3.05, 3.63) is 35.4 Å². The quantitative estimate of drug-likeness (QED) is 0.800. The van der Waals surface area contributed by atoms with Crippen LogP contribution in [0.5, 0.6) is 0 Å². The second kappa shape index (κ2) is 5.89. The predicted molar refractivity (Wildman–Crippen MR) is 63.8 cm³/mol. The Hall–Kier alpha value is -0.860. The molecule has 0 saturated carbocycles.